The van der Waals surface area contributed by atoms with E-state index < -0.39 is 18.6 Å². The van der Waals surface area contributed by atoms with Crippen molar-refractivity contribution in [2.75, 3.05) is 13.2 Å². The van der Waals surface area contributed by atoms with Crippen LogP contribution in [0.2, 0.25) is 0 Å². The Morgan fingerprint density at radius 2 is 1.53 bits per heavy atom. The normalized spacial score (nSPS) is 13.5. The highest BCUT2D eigenvalue weighted by molar-refractivity contribution is 5.98. The van der Waals surface area contributed by atoms with E-state index in [0.29, 0.717) is 42.7 Å². The Hall–Kier alpha value is -3.97. The van der Waals surface area contributed by atoms with Crippen LogP contribution in [-0.4, -0.2) is 46.9 Å². The van der Waals surface area contributed by atoms with Crippen LogP contribution in [0.25, 0.3) is 11.1 Å². The minimum Gasteiger partial charge on any atom is -0.493 e. The van der Waals surface area contributed by atoms with Crippen molar-refractivity contribution in [3.8, 4) is 16.9 Å². The van der Waals surface area contributed by atoms with Crippen LogP contribution in [0.5, 0.6) is 5.75 Å². The molecule has 7 nitrogen and oxygen atoms in total. The number of carbonyl (C=O) groups excluding carboxylic acids is 3. The van der Waals surface area contributed by atoms with E-state index in [4.69, 9.17) is 15.6 Å². The number of nitrogens with two attached hydrogens (primary N) is 1. The Labute approximate surface area is 223 Å². The molecule has 3 N–H and O–H groups in total. The molecule has 0 bridgehead atoms. The van der Waals surface area contributed by atoms with Gasteiger partial charge in [-0.05, 0) is 61.4 Å². The number of nitrogens with zero attached hydrogens (tertiary/aromatic N) is 1. The quantitative estimate of drug-likeness (QED) is 0.304. The van der Waals surface area contributed by atoms with E-state index in [1.807, 2.05) is 54.6 Å². The molecule has 38 heavy (non-hydrogen) atoms. The number of ether oxygens (including phenoxy) is 1. The Bertz CT molecular complexity index is 1240. The first-order valence-corrected chi connectivity index (χ1v) is 13.1. The molecule has 0 saturated heterocycles. The van der Waals surface area contributed by atoms with Gasteiger partial charge < -0.3 is 20.5 Å². The summed E-state index contributed by atoms with van der Waals surface area (Å²) in [5, 5.41) is 8.83. The van der Waals surface area contributed by atoms with Gasteiger partial charge in [-0.15, -0.1) is 0 Å². The van der Waals surface area contributed by atoms with Gasteiger partial charge in [0.25, 0.3) is 5.91 Å². The third kappa shape index (κ3) is 6.86. The monoisotopic (exact) mass is 514 g/mol. The molecule has 0 spiro atoms. The van der Waals surface area contributed by atoms with E-state index in [1.54, 1.807) is 29.2 Å². The van der Waals surface area contributed by atoms with Gasteiger partial charge in [-0.2, -0.15) is 0 Å². The van der Waals surface area contributed by atoms with Gasteiger partial charge in [0, 0.05) is 23.6 Å². The maximum Gasteiger partial charge on any atom is 0.255 e. The van der Waals surface area contributed by atoms with Gasteiger partial charge in [0.2, 0.25) is 5.91 Å². The number of aliphatic hydroxyl groups is 1. The van der Waals surface area contributed by atoms with Crippen LogP contribution in [0.3, 0.4) is 0 Å². The molecule has 0 aliphatic heterocycles. The third-order valence-electron chi connectivity index (χ3n) is 6.71. The maximum atomic E-state index is 13.7. The first kappa shape index (κ1) is 27.1. The van der Waals surface area contributed by atoms with E-state index in [9.17, 15) is 14.4 Å². The number of ketones is 1. The largest absolute Gasteiger partial charge is 0.493 e. The highest BCUT2D eigenvalue weighted by Crippen LogP contribution is 2.39. The summed E-state index contributed by atoms with van der Waals surface area (Å²) in [6.45, 7) is -0.0279. The number of primary amides is 1. The number of hydrogen-bond acceptors (Lipinski definition) is 5. The molecule has 0 heterocycles. The first-order valence-electron chi connectivity index (χ1n) is 13.1. The van der Waals surface area contributed by atoms with Gasteiger partial charge in [0.05, 0.1) is 6.61 Å². The van der Waals surface area contributed by atoms with Gasteiger partial charge in [0.1, 0.15) is 18.4 Å². The van der Waals surface area contributed by atoms with Crippen molar-refractivity contribution in [2.24, 2.45) is 5.73 Å². The number of amides is 2. The summed E-state index contributed by atoms with van der Waals surface area (Å²) in [6.07, 6.45) is 4.15. The first-order chi connectivity index (χ1) is 18.5. The van der Waals surface area contributed by atoms with E-state index >= 15 is 0 Å². The van der Waals surface area contributed by atoms with E-state index in [2.05, 4.69) is 0 Å². The molecule has 0 aromatic heterocycles. The predicted octanol–water partition coefficient (Wildman–Crippen LogP) is 4.69. The third-order valence-corrected chi connectivity index (χ3v) is 6.71. The lowest BCUT2D eigenvalue weighted by atomic mass is 10.00. The number of Topliss-reactive ketones (excluding diaryl/α,β-unsaturated/α-hetero) is 1. The number of carbonyl (C=O) groups is 3. The highest BCUT2D eigenvalue weighted by Gasteiger charge is 2.42. The van der Waals surface area contributed by atoms with E-state index in [1.165, 1.54) is 0 Å². The van der Waals surface area contributed by atoms with E-state index in [-0.39, 0.29) is 17.7 Å². The maximum absolute atomic E-state index is 13.7. The number of aliphatic hydroxyl groups excluding tert-OH is 1. The fraction of sp³-hybridized carbons (Fsp3) is 0.323. The molecule has 1 unspecified atom stereocenters. The molecular formula is C31H34N2O5. The van der Waals surface area contributed by atoms with Gasteiger partial charge in [0.15, 0.2) is 5.78 Å². The Kier molecular flexibility index (Phi) is 9.27. The molecule has 0 radical (unpaired) electrons. The lowest BCUT2D eigenvalue weighted by Crippen LogP contribution is -2.43. The molecule has 1 fully saturated rings. The average molecular weight is 515 g/mol. The smallest absolute Gasteiger partial charge is 0.255 e. The zero-order valence-corrected chi connectivity index (χ0v) is 21.4. The van der Waals surface area contributed by atoms with Crippen molar-refractivity contribution in [1.82, 2.24) is 4.90 Å². The molecular weight excluding hydrogens is 480 g/mol. The summed E-state index contributed by atoms with van der Waals surface area (Å²) in [5.41, 5.74) is 9.05. The molecule has 7 heteroatoms. The zero-order valence-electron chi connectivity index (χ0n) is 21.4. The second-order valence-corrected chi connectivity index (χ2v) is 9.59. The van der Waals surface area contributed by atoms with Crippen LogP contribution in [0, 0.1) is 0 Å². The van der Waals surface area contributed by atoms with Crippen molar-refractivity contribution < 1.29 is 24.2 Å². The molecule has 198 valence electrons. The average Bonchev–Trinajstić information content (AvgIpc) is 3.79. The SMILES string of the molecule is NC(=O)C(c1ccccc1OCCCCCC(=O)CO)N(C(=O)c1ccc(-c2ccccc2)cc1)C1CC1. The Balaban J connectivity index is 1.50. The fourth-order valence-corrected chi connectivity index (χ4v) is 4.57. The summed E-state index contributed by atoms with van der Waals surface area (Å²) in [7, 11) is 0. The van der Waals surface area contributed by atoms with Gasteiger partial charge in [-0.3, -0.25) is 14.4 Å². The Morgan fingerprint density at radius 1 is 0.868 bits per heavy atom. The van der Waals surface area contributed by atoms with Crippen molar-refractivity contribution in [1.29, 1.82) is 0 Å². The molecule has 2 amide bonds. The fourth-order valence-electron chi connectivity index (χ4n) is 4.57. The number of para-hydroxylation sites is 1. The molecule has 1 aliphatic rings. The number of hydrogen-bond donors (Lipinski definition) is 2. The molecule has 4 rings (SSSR count). The second kappa shape index (κ2) is 13.0. The number of unbranched alkanes of at least 4 members (excludes halogenated alkanes) is 2. The predicted molar refractivity (Wildman–Crippen MR) is 146 cm³/mol. The molecule has 1 aliphatic carbocycles. The number of rotatable bonds is 14. The van der Waals surface area contributed by atoms with Gasteiger partial charge in [-0.1, -0.05) is 60.7 Å². The van der Waals surface area contributed by atoms with Crippen LogP contribution >= 0.6 is 0 Å². The molecule has 3 aromatic rings. The van der Waals surface area contributed by atoms with E-state index in [0.717, 1.165) is 30.4 Å². The topological polar surface area (TPSA) is 110 Å². The van der Waals surface area contributed by atoms with Crippen LogP contribution in [0.15, 0.2) is 78.9 Å². The molecule has 3 aromatic carbocycles. The highest BCUT2D eigenvalue weighted by atomic mass is 16.5. The zero-order chi connectivity index (χ0) is 26.9. The molecule has 1 saturated carbocycles. The van der Waals surface area contributed by atoms with Crippen molar-refractivity contribution in [2.45, 2.75) is 50.6 Å². The van der Waals surface area contributed by atoms with Crippen LogP contribution in [0.4, 0.5) is 0 Å². The number of benzene rings is 3. The summed E-state index contributed by atoms with van der Waals surface area (Å²) in [4.78, 5) is 39.4. The van der Waals surface area contributed by atoms with Crippen LogP contribution in [0.1, 0.15) is 60.5 Å². The summed E-state index contributed by atoms with van der Waals surface area (Å²) < 4.78 is 6.02. The standard InChI is InChI=1S/C31H34N2O5/c32-30(36)29(27-12-6-7-13-28(27)38-20-8-2-5-11-26(35)21-34)33(25-18-19-25)31(37)24-16-14-23(15-17-24)22-9-3-1-4-10-22/h1,3-4,6-7,9-10,12-17,25,29,34H,2,5,8,11,18-21H2,(H2,32,36). The lowest BCUT2D eigenvalue weighted by molar-refractivity contribution is -0.123. The summed E-state index contributed by atoms with van der Waals surface area (Å²) in [5.74, 6) is -0.496. The lowest BCUT2D eigenvalue weighted by Gasteiger charge is -2.31. The van der Waals surface area contributed by atoms with Crippen molar-refractivity contribution >= 4 is 17.6 Å². The second-order valence-electron chi connectivity index (χ2n) is 9.59. The van der Waals surface area contributed by atoms with Gasteiger partial charge in [-0.25, -0.2) is 0 Å². The minimum absolute atomic E-state index is 0.0640. The van der Waals surface area contributed by atoms with Crippen LogP contribution < -0.4 is 10.5 Å². The van der Waals surface area contributed by atoms with Gasteiger partial charge >= 0.3 is 0 Å². The molecule has 1 atom stereocenters. The summed E-state index contributed by atoms with van der Waals surface area (Å²) in [6, 6.07) is 23.5. The van der Waals surface area contributed by atoms with Crippen molar-refractivity contribution in [3.05, 3.63) is 90.0 Å². The van der Waals surface area contributed by atoms with Crippen LogP contribution in [-0.2, 0) is 9.59 Å². The Morgan fingerprint density at radius 3 is 2.18 bits per heavy atom. The van der Waals surface area contributed by atoms with Crippen molar-refractivity contribution in [3.63, 3.8) is 0 Å². The summed E-state index contributed by atoms with van der Waals surface area (Å²) >= 11 is 0. The minimum atomic E-state index is -0.956.